The maximum atomic E-state index is 11.9. The van der Waals surface area contributed by atoms with E-state index in [-0.39, 0.29) is 12.5 Å². The SMILES string of the molecule is CCCCOCCNC(=NCC(=O)N1CCCC1)NCC. The van der Waals surface area contributed by atoms with Crippen molar-refractivity contribution in [1.82, 2.24) is 15.5 Å². The Balaban J connectivity index is 2.23. The van der Waals surface area contributed by atoms with Crippen LogP contribution < -0.4 is 10.6 Å². The number of nitrogens with one attached hydrogen (secondary N) is 2. The molecule has 0 aromatic heterocycles. The fourth-order valence-electron chi connectivity index (χ4n) is 2.15. The second-order valence-electron chi connectivity index (χ2n) is 5.18. The van der Waals surface area contributed by atoms with Gasteiger partial charge in [-0.1, -0.05) is 13.3 Å². The number of rotatable bonds is 9. The van der Waals surface area contributed by atoms with Crippen LogP contribution >= 0.6 is 0 Å². The Bertz CT molecular complexity index is 315. The van der Waals surface area contributed by atoms with Gasteiger partial charge >= 0.3 is 0 Å². The maximum Gasteiger partial charge on any atom is 0.244 e. The quantitative estimate of drug-likeness (QED) is 0.378. The van der Waals surface area contributed by atoms with Gasteiger partial charge in [0.15, 0.2) is 5.96 Å². The van der Waals surface area contributed by atoms with E-state index in [9.17, 15) is 4.79 Å². The van der Waals surface area contributed by atoms with E-state index >= 15 is 0 Å². The minimum Gasteiger partial charge on any atom is -0.380 e. The lowest BCUT2D eigenvalue weighted by Crippen LogP contribution is -2.40. The number of ether oxygens (including phenoxy) is 1. The Kier molecular flexibility index (Phi) is 9.61. The van der Waals surface area contributed by atoms with Crippen LogP contribution in [0.1, 0.15) is 39.5 Å². The molecular formula is C15H30N4O2. The van der Waals surface area contributed by atoms with Gasteiger partial charge in [-0.05, 0) is 26.2 Å². The molecule has 1 fully saturated rings. The monoisotopic (exact) mass is 298 g/mol. The van der Waals surface area contributed by atoms with Gasteiger partial charge in [-0.2, -0.15) is 0 Å². The van der Waals surface area contributed by atoms with Crippen LogP contribution in [0.5, 0.6) is 0 Å². The molecule has 0 atom stereocenters. The first-order chi connectivity index (χ1) is 10.3. The summed E-state index contributed by atoms with van der Waals surface area (Å²) in [6.07, 6.45) is 4.47. The third-order valence-corrected chi connectivity index (χ3v) is 3.36. The summed E-state index contributed by atoms with van der Waals surface area (Å²) >= 11 is 0. The number of hydrogen-bond donors (Lipinski definition) is 2. The van der Waals surface area contributed by atoms with Crippen molar-refractivity contribution in [2.45, 2.75) is 39.5 Å². The van der Waals surface area contributed by atoms with Crippen molar-refractivity contribution in [3.8, 4) is 0 Å². The molecule has 1 aliphatic rings. The molecule has 0 bridgehead atoms. The molecule has 1 amide bonds. The Morgan fingerprint density at radius 2 is 1.95 bits per heavy atom. The zero-order valence-electron chi connectivity index (χ0n) is 13.5. The van der Waals surface area contributed by atoms with Crippen LogP contribution in [0.4, 0.5) is 0 Å². The van der Waals surface area contributed by atoms with Crippen LogP contribution in [0.3, 0.4) is 0 Å². The highest BCUT2D eigenvalue weighted by molar-refractivity contribution is 5.85. The maximum absolute atomic E-state index is 11.9. The molecular weight excluding hydrogens is 268 g/mol. The molecule has 0 saturated carbocycles. The van der Waals surface area contributed by atoms with Gasteiger partial charge in [0.25, 0.3) is 0 Å². The number of carbonyl (C=O) groups is 1. The number of carbonyl (C=O) groups excluding carboxylic acids is 1. The molecule has 0 aliphatic carbocycles. The zero-order chi connectivity index (χ0) is 15.3. The first-order valence-corrected chi connectivity index (χ1v) is 8.15. The average molecular weight is 298 g/mol. The fourth-order valence-corrected chi connectivity index (χ4v) is 2.15. The highest BCUT2D eigenvalue weighted by Gasteiger charge is 2.17. The molecule has 0 aromatic carbocycles. The molecule has 1 rings (SSSR count). The van der Waals surface area contributed by atoms with Crippen molar-refractivity contribution in [3.63, 3.8) is 0 Å². The summed E-state index contributed by atoms with van der Waals surface area (Å²) in [7, 11) is 0. The number of guanidine groups is 1. The first-order valence-electron chi connectivity index (χ1n) is 8.15. The number of amides is 1. The third-order valence-electron chi connectivity index (χ3n) is 3.36. The predicted octanol–water partition coefficient (Wildman–Crippen LogP) is 0.981. The highest BCUT2D eigenvalue weighted by atomic mass is 16.5. The molecule has 1 saturated heterocycles. The van der Waals surface area contributed by atoms with Crippen molar-refractivity contribution in [1.29, 1.82) is 0 Å². The minimum absolute atomic E-state index is 0.115. The van der Waals surface area contributed by atoms with Crippen LogP contribution in [0, 0.1) is 0 Å². The summed E-state index contributed by atoms with van der Waals surface area (Å²) in [5, 5.41) is 6.33. The van der Waals surface area contributed by atoms with Gasteiger partial charge in [0, 0.05) is 32.8 Å². The van der Waals surface area contributed by atoms with Gasteiger partial charge in [0.05, 0.1) is 6.61 Å². The first kappa shape index (κ1) is 17.8. The van der Waals surface area contributed by atoms with Gasteiger partial charge in [-0.25, -0.2) is 4.99 Å². The number of likely N-dealkylation sites (tertiary alicyclic amines) is 1. The highest BCUT2D eigenvalue weighted by Crippen LogP contribution is 2.07. The summed E-state index contributed by atoms with van der Waals surface area (Å²) in [5.74, 6) is 0.799. The lowest BCUT2D eigenvalue weighted by atomic mass is 10.4. The Morgan fingerprint density at radius 1 is 1.19 bits per heavy atom. The van der Waals surface area contributed by atoms with Crippen LogP contribution in [0.2, 0.25) is 0 Å². The number of aliphatic imine (C=N–C) groups is 1. The van der Waals surface area contributed by atoms with Gasteiger partial charge in [0.1, 0.15) is 6.54 Å². The van der Waals surface area contributed by atoms with E-state index in [1.165, 1.54) is 0 Å². The standard InChI is InChI=1S/C15H30N4O2/c1-3-5-11-21-12-8-17-15(16-4-2)18-13-14(20)19-9-6-7-10-19/h3-13H2,1-2H3,(H2,16,17,18). The fraction of sp³-hybridized carbons (Fsp3) is 0.867. The Hall–Kier alpha value is -1.30. The number of unbranched alkanes of at least 4 members (excludes halogenated alkanes) is 1. The lowest BCUT2D eigenvalue weighted by molar-refractivity contribution is -0.128. The molecule has 0 aromatic rings. The van der Waals surface area contributed by atoms with E-state index in [0.717, 1.165) is 51.9 Å². The van der Waals surface area contributed by atoms with Crippen LogP contribution in [-0.4, -0.2) is 62.7 Å². The summed E-state index contributed by atoms with van der Waals surface area (Å²) < 4.78 is 5.49. The van der Waals surface area contributed by atoms with Gasteiger partial charge in [-0.15, -0.1) is 0 Å². The Morgan fingerprint density at radius 3 is 2.62 bits per heavy atom. The largest absolute Gasteiger partial charge is 0.380 e. The molecule has 0 radical (unpaired) electrons. The van der Waals surface area contributed by atoms with E-state index in [4.69, 9.17) is 4.74 Å². The molecule has 6 nitrogen and oxygen atoms in total. The second kappa shape index (κ2) is 11.4. The van der Waals surface area contributed by atoms with Crippen molar-refractivity contribution >= 4 is 11.9 Å². The van der Waals surface area contributed by atoms with Crippen molar-refractivity contribution < 1.29 is 9.53 Å². The van der Waals surface area contributed by atoms with Gasteiger partial charge < -0.3 is 20.3 Å². The van der Waals surface area contributed by atoms with E-state index in [0.29, 0.717) is 19.1 Å². The Labute approximate surface area is 128 Å². The topological polar surface area (TPSA) is 66.0 Å². The zero-order valence-corrected chi connectivity index (χ0v) is 13.5. The normalized spacial score (nSPS) is 15.3. The molecule has 21 heavy (non-hydrogen) atoms. The minimum atomic E-state index is 0.115. The summed E-state index contributed by atoms with van der Waals surface area (Å²) in [6, 6.07) is 0. The van der Waals surface area contributed by atoms with E-state index in [1.807, 2.05) is 11.8 Å². The summed E-state index contributed by atoms with van der Waals surface area (Å²) in [4.78, 5) is 18.2. The molecule has 6 heteroatoms. The van der Waals surface area contributed by atoms with Gasteiger partial charge in [-0.3, -0.25) is 4.79 Å². The van der Waals surface area contributed by atoms with Crippen LogP contribution in [0.15, 0.2) is 4.99 Å². The van der Waals surface area contributed by atoms with Crippen molar-refractivity contribution in [3.05, 3.63) is 0 Å². The molecule has 0 unspecified atom stereocenters. The smallest absolute Gasteiger partial charge is 0.244 e. The average Bonchev–Trinajstić information content (AvgIpc) is 3.02. The molecule has 122 valence electrons. The van der Waals surface area contributed by atoms with Crippen LogP contribution in [-0.2, 0) is 9.53 Å². The summed E-state index contributed by atoms with van der Waals surface area (Å²) in [6.45, 7) is 9.07. The molecule has 0 spiro atoms. The molecule has 2 N–H and O–H groups in total. The second-order valence-corrected chi connectivity index (χ2v) is 5.18. The number of nitrogens with zero attached hydrogens (tertiary/aromatic N) is 2. The molecule has 1 heterocycles. The molecule has 1 aliphatic heterocycles. The lowest BCUT2D eigenvalue weighted by Gasteiger charge is -2.15. The van der Waals surface area contributed by atoms with Crippen LogP contribution in [0.25, 0.3) is 0 Å². The van der Waals surface area contributed by atoms with E-state index < -0.39 is 0 Å². The van der Waals surface area contributed by atoms with Crippen molar-refractivity contribution in [2.75, 3.05) is 45.9 Å². The predicted molar refractivity (Wildman–Crippen MR) is 85.5 cm³/mol. The van der Waals surface area contributed by atoms with Gasteiger partial charge in [0.2, 0.25) is 5.91 Å². The van der Waals surface area contributed by atoms with E-state index in [1.54, 1.807) is 0 Å². The summed E-state index contributed by atoms with van der Waals surface area (Å²) in [5.41, 5.74) is 0. The van der Waals surface area contributed by atoms with Crippen molar-refractivity contribution in [2.24, 2.45) is 4.99 Å². The third kappa shape index (κ3) is 7.90. The van der Waals surface area contributed by atoms with E-state index in [2.05, 4.69) is 22.5 Å². The number of hydrogen-bond acceptors (Lipinski definition) is 3.